The lowest BCUT2D eigenvalue weighted by Crippen LogP contribution is -2.47. The summed E-state index contributed by atoms with van der Waals surface area (Å²) < 4.78 is 48.6. The summed E-state index contributed by atoms with van der Waals surface area (Å²) in [4.78, 5) is 24.6. The summed E-state index contributed by atoms with van der Waals surface area (Å²) in [6.45, 7) is 2.10. The second-order valence-corrected chi connectivity index (χ2v) is 9.87. The third-order valence-corrected chi connectivity index (χ3v) is 7.59. The van der Waals surface area contributed by atoms with Crippen molar-refractivity contribution >= 4 is 21.8 Å². The van der Waals surface area contributed by atoms with Crippen LogP contribution in [0.25, 0.3) is 0 Å². The number of methoxy groups -OCH3 is 3. The van der Waals surface area contributed by atoms with Crippen molar-refractivity contribution in [3.05, 3.63) is 47.5 Å². The summed E-state index contributed by atoms with van der Waals surface area (Å²) in [7, 11) is 0.710. The maximum atomic E-state index is 13.1. The number of carbonyl (C=O) groups excluding carboxylic acids is 2. The van der Waals surface area contributed by atoms with Crippen LogP contribution in [0.1, 0.15) is 11.1 Å². The number of carbonyl (C=O) groups is 2. The molecular formula is C24H31N3O8S. The van der Waals surface area contributed by atoms with E-state index in [4.69, 9.17) is 18.9 Å². The molecule has 196 valence electrons. The van der Waals surface area contributed by atoms with Gasteiger partial charge in [-0.15, -0.1) is 0 Å². The largest absolute Gasteiger partial charge is 0.496 e. The molecule has 0 radical (unpaired) electrons. The number of amides is 2. The molecule has 12 heteroatoms. The van der Waals surface area contributed by atoms with Crippen molar-refractivity contribution in [2.24, 2.45) is 0 Å². The van der Waals surface area contributed by atoms with Gasteiger partial charge in [-0.3, -0.25) is 9.59 Å². The highest BCUT2D eigenvalue weighted by molar-refractivity contribution is 7.89. The van der Waals surface area contributed by atoms with E-state index in [1.54, 1.807) is 32.2 Å². The summed E-state index contributed by atoms with van der Waals surface area (Å²) in [6.07, 6.45) is -0.459. The summed E-state index contributed by atoms with van der Waals surface area (Å²) in [5.41, 5.74) is 1.57. The predicted octanol–water partition coefficient (Wildman–Crippen LogP) is 0.843. The number of aryl methyl sites for hydroxylation is 1. The first-order valence-electron chi connectivity index (χ1n) is 11.3. The molecular weight excluding hydrogens is 490 g/mol. The van der Waals surface area contributed by atoms with E-state index >= 15 is 0 Å². The molecule has 0 bridgehead atoms. The van der Waals surface area contributed by atoms with Crippen LogP contribution in [0.15, 0.2) is 41.3 Å². The van der Waals surface area contributed by atoms with Crippen molar-refractivity contribution in [2.75, 3.05) is 47.6 Å². The standard InChI is InChI=1S/C24H31N3O8S/c1-16-13-18(6-8-19(16)32-2)36(30,31)27-11-12-35-22(27)15-26-24(29)23(28)25-10-9-17-5-7-20(33-3)21(14-17)34-4/h5-8,13-14,22H,9-12,15H2,1-4H3,(H,25,28)(H,26,29)/t22-/m0/s1. The van der Waals surface area contributed by atoms with Gasteiger partial charge in [0.15, 0.2) is 11.5 Å². The Morgan fingerprint density at radius 2 is 1.64 bits per heavy atom. The number of benzene rings is 2. The second kappa shape index (κ2) is 12.1. The molecule has 1 aliphatic heterocycles. The van der Waals surface area contributed by atoms with Gasteiger partial charge in [0.25, 0.3) is 0 Å². The van der Waals surface area contributed by atoms with Gasteiger partial charge in [0.05, 0.1) is 39.4 Å². The monoisotopic (exact) mass is 521 g/mol. The van der Waals surface area contributed by atoms with Gasteiger partial charge in [-0.25, -0.2) is 8.42 Å². The molecule has 0 aliphatic carbocycles. The van der Waals surface area contributed by atoms with Gasteiger partial charge in [0.2, 0.25) is 10.0 Å². The molecule has 36 heavy (non-hydrogen) atoms. The average molecular weight is 522 g/mol. The van der Waals surface area contributed by atoms with Crippen molar-refractivity contribution in [1.29, 1.82) is 0 Å². The minimum atomic E-state index is -3.88. The van der Waals surface area contributed by atoms with Gasteiger partial charge in [-0.1, -0.05) is 6.07 Å². The molecule has 2 aromatic carbocycles. The Morgan fingerprint density at radius 3 is 2.31 bits per heavy atom. The Balaban J connectivity index is 1.52. The molecule has 1 saturated heterocycles. The Bertz CT molecular complexity index is 1200. The molecule has 2 N–H and O–H groups in total. The van der Waals surface area contributed by atoms with Gasteiger partial charge in [-0.2, -0.15) is 4.31 Å². The lowest BCUT2D eigenvalue weighted by molar-refractivity contribution is -0.139. The lowest BCUT2D eigenvalue weighted by Gasteiger charge is -2.23. The fourth-order valence-electron chi connectivity index (χ4n) is 3.79. The minimum Gasteiger partial charge on any atom is -0.496 e. The third kappa shape index (κ3) is 6.25. The van der Waals surface area contributed by atoms with Crippen LogP contribution in [0.5, 0.6) is 17.2 Å². The van der Waals surface area contributed by atoms with E-state index in [0.29, 0.717) is 29.2 Å². The molecule has 0 saturated carbocycles. The normalized spacial score (nSPS) is 15.8. The maximum Gasteiger partial charge on any atom is 0.309 e. The first-order valence-corrected chi connectivity index (χ1v) is 12.7. The van der Waals surface area contributed by atoms with Crippen LogP contribution in [0.2, 0.25) is 0 Å². The molecule has 2 aromatic rings. The zero-order valence-electron chi connectivity index (χ0n) is 20.7. The average Bonchev–Trinajstić information content (AvgIpc) is 3.36. The Kier molecular flexibility index (Phi) is 9.13. The van der Waals surface area contributed by atoms with Crippen LogP contribution in [0.3, 0.4) is 0 Å². The Labute approximate surface area is 210 Å². The van der Waals surface area contributed by atoms with Gasteiger partial charge in [-0.05, 0) is 54.8 Å². The number of rotatable bonds is 10. The summed E-state index contributed by atoms with van der Waals surface area (Å²) in [6, 6.07) is 9.96. The van der Waals surface area contributed by atoms with Gasteiger partial charge >= 0.3 is 11.8 Å². The van der Waals surface area contributed by atoms with Crippen LogP contribution in [0.4, 0.5) is 0 Å². The van der Waals surface area contributed by atoms with Crippen LogP contribution in [-0.2, 0) is 30.8 Å². The smallest absolute Gasteiger partial charge is 0.309 e. The fraction of sp³-hybridized carbons (Fsp3) is 0.417. The van der Waals surface area contributed by atoms with E-state index < -0.39 is 28.1 Å². The molecule has 0 unspecified atom stereocenters. The zero-order valence-corrected chi connectivity index (χ0v) is 21.5. The highest BCUT2D eigenvalue weighted by Crippen LogP contribution is 2.28. The molecule has 2 amide bonds. The van der Waals surface area contributed by atoms with Crippen LogP contribution in [0, 0.1) is 6.92 Å². The molecule has 1 fully saturated rings. The highest BCUT2D eigenvalue weighted by atomic mass is 32.2. The van der Waals surface area contributed by atoms with Crippen molar-refractivity contribution < 1.29 is 37.0 Å². The summed E-state index contributed by atoms with van der Waals surface area (Å²) >= 11 is 0. The number of ether oxygens (including phenoxy) is 4. The van der Waals surface area contributed by atoms with E-state index in [2.05, 4.69) is 10.6 Å². The lowest BCUT2D eigenvalue weighted by atomic mass is 10.1. The zero-order chi connectivity index (χ0) is 26.3. The summed E-state index contributed by atoms with van der Waals surface area (Å²) in [5.74, 6) is 0.0357. The van der Waals surface area contributed by atoms with E-state index in [0.717, 1.165) is 5.56 Å². The molecule has 0 spiro atoms. The highest BCUT2D eigenvalue weighted by Gasteiger charge is 2.37. The van der Waals surface area contributed by atoms with Gasteiger partial charge in [0, 0.05) is 13.1 Å². The van der Waals surface area contributed by atoms with E-state index in [-0.39, 0.29) is 31.1 Å². The quantitative estimate of drug-likeness (QED) is 0.440. The summed E-state index contributed by atoms with van der Waals surface area (Å²) in [5, 5.41) is 5.00. The number of sulfonamides is 1. The van der Waals surface area contributed by atoms with Crippen molar-refractivity contribution in [1.82, 2.24) is 14.9 Å². The first-order chi connectivity index (χ1) is 17.2. The topological polar surface area (TPSA) is 132 Å². The predicted molar refractivity (Wildman–Crippen MR) is 131 cm³/mol. The second-order valence-electron chi connectivity index (χ2n) is 7.98. The van der Waals surface area contributed by atoms with E-state index in [9.17, 15) is 18.0 Å². The third-order valence-electron chi connectivity index (χ3n) is 5.71. The van der Waals surface area contributed by atoms with E-state index in [1.165, 1.54) is 30.7 Å². The van der Waals surface area contributed by atoms with Crippen LogP contribution < -0.4 is 24.8 Å². The van der Waals surface area contributed by atoms with Crippen molar-refractivity contribution in [3.63, 3.8) is 0 Å². The fourth-order valence-corrected chi connectivity index (χ4v) is 5.38. The van der Waals surface area contributed by atoms with Gasteiger partial charge in [0.1, 0.15) is 12.0 Å². The number of hydrogen-bond acceptors (Lipinski definition) is 8. The molecule has 1 heterocycles. The minimum absolute atomic E-state index is 0.0931. The first kappa shape index (κ1) is 27.2. The van der Waals surface area contributed by atoms with Crippen LogP contribution >= 0.6 is 0 Å². The number of hydrogen-bond donors (Lipinski definition) is 2. The molecule has 0 aromatic heterocycles. The Morgan fingerprint density at radius 1 is 0.972 bits per heavy atom. The van der Waals surface area contributed by atoms with E-state index in [1.807, 2.05) is 6.07 Å². The molecule has 3 rings (SSSR count). The maximum absolute atomic E-state index is 13.1. The Hall–Kier alpha value is -3.35. The molecule has 1 aliphatic rings. The van der Waals surface area contributed by atoms with Gasteiger partial charge < -0.3 is 29.6 Å². The van der Waals surface area contributed by atoms with Crippen LogP contribution in [-0.4, -0.2) is 78.3 Å². The number of nitrogens with one attached hydrogen (secondary N) is 2. The molecule has 1 atom stereocenters. The number of nitrogens with zero attached hydrogens (tertiary/aromatic N) is 1. The van der Waals surface area contributed by atoms with Crippen molar-refractivity contribution in [2.45, 2.75) is 24.5 Å². The molecule has 11 nitrogen and oxygen atoms in total. The van der Waals surface area contributed by atoms with Crippen molar-refractivity contribution in [3.8, 4) is 17.2 Å². The SMILES string of the molecule is COc1ccc(S(=O)(=O)N2CCO[C@H]2CNC(=O)C(=O)NCCc2ccc(OC)c(OC)c2)cc1C.